The summed E-state index contributed by atoms with van der Waals surface area (Å²) < 4.78 is 1.04. The number of hydrogen-bond acceptors (Lipinski definition) is 1. The molecule has 0 aliphatic rings. The molecule has 1 aromatic heterocycles. The lowest BCUT2D eigenvalue weighted by atomic mass is 10.2. The van der Waals surface area contributed by atoms with E-state index in [4.69, 9.17) is 0 Å². The maximum Gasteiger partial charge on any atom is 0.217 e. The molecule has 2 rings (SSSR count). The molecule has 0 bridgehead atoms. The van der Waals surface area contributed by atoms with Gasteiger partial charge in [-0.2, -0.15) is 0 Å². The highest BCUT2D eigenvalue weighted by atomic mass is 79.9. The standard InChI is InChI=1S/C11H11BrN2O/c1-7(15)13-6-10-4-8-2-3-9(12)5-11(8)14-10/h2-5,14H,6H2,1H3,(H,13,15). The van der Waals surface area contributed by atoms with Crippen LogP contribution >= 0.6 is 15.9 Å². The number of aromatic nitrogens is 1. The van der Waals surface area contributed by atoms with E-state index in [0.29, 0.717) is 6.54 Å². The molecule has 3 nitrogen and oxygen atoms in total. The summed E-state index contributed by atoms with van der Waals surface area (Å²) in [5.74, 6) is -0.0187. The van der Waals surface area contributed by atoms with Crippen LogP contribution in [0.5, 0.6) is 0 Å². The summed E-state index contributed by atoms with van der Waals surface area (Å²) in [6.45, 7) is 2.06. The minimum atomic E-state index is -0.0187. The van der Waals surface area contributed by atoms with Crippen molar-refractivity contribution in [2.45, 2.75) is 13.5 Å². The van der Waals surface area contributed by atoms with Gasteiger partial charge in [-0.1, -0.05) is 22.0 Å². The highest BCUT2D eigenvalue weighted by Crippen LogP contribution is 2.20. The maximum absolute atomic E-state index is 10.8. The average Bonchev–Trinajstić information content (AvgIpc) is 2.56. The summed E-state index contributed by atoms with van der Waals surface area (Å²) in [5.41, 5.74) is 2.09. The van der Waals surface area contributed by atoms with Crippen molar-refractivity contribution in [1.29, 1.82) is 0 Å². The van der Waals surface area contributed by atoms with Crippen LogP contribution in [-0.4, -0.2) is 10.9 Å². The number of halogens is 1. The monoisotopic (exact) mass is 266 g/mol. The lowest BCUT2D eigenvalue weighted by Gasteiger charge is -1.97. The third-order valence-corrected chi connectivity index (χ3v) is 2.66. The van der Waals surface area contributed by atoms with Crippen molar-refractivity contribution < 1.29 is 4.79 Å². The third kappa shape index (κ3) is 2.39. The molecule has 1 aromatic carbocycles. The van der Waals surface area contributed by atoms with E-state index < -0.39 is 0 Å². The van der Waals surface area contributed by atoms with Crippen LogP contribution in [0, 0.1) is 0 Å². The Kier molecular flexibility index (Phi) is 2.77. The zero-order valence-electron chi connectivity index (χ0n) is 8.30. The number of carbonyl (C=O) groups is 1. The Morgan fingerprint density at radius 1 is 1.47 bits per heavy atom. The highest BCUT2D eigenvalue weighted by Gasteiger charge is 2.01. The number of H-pyrrole nitrogens is 1. The number of fused-ring (bicyclic) bond motifs is 1. The molecule has 0 saturated carbocycles. The largest absolute Gasteiger partial charge is 0.357 e. The molecule has 0 saturated heterocycles. The first kappa shape index (κ1) is 10.2. The molecule has 0 aliphatic carbocycles. The Bertz CT molecular complexity index is 504. The average molecular weight is 267 g/mol. The fourth-order valence-electron chi connectivity index (χ4n) is 1.47. The van der Waals surface area contributed by atoms with Crippen molar-refractivity contribution in [3.63, 3.8) is 0 Å². The fourth-order valence-corrected chi connectivity index (χ4v) is 1.84. The molecule has 1 amide bonds. The zero-order valence-corrected chi connectivity index (χ0v) is 9.89. The van der Waals surface area contributed by atoms with Gasteiger partial charge >= 0.3 is 0 Å². The Hall–Kier alpha value is -1.29. The topological polar surface area (TPSA) is 44.9 Å². The molecule has 0 aliphatic heterocycles. The van der Waals surface area contributed by atoms with Crippen molar-refractivity contribution in [2.24, 2.45) is 0 Å². The van der Waals surface area contributed by atoms with Gasteiger partial charge in [0.25, 0.3) is 0 Å². The Balaban J connectivity index is 2.27. The van der Waals surface area contributed by atoms with Crippen LogP contribution in [0.25, 0.3) is 10.9 Å². The second kappa shape index (κ2) is 4.06. The molecular formula is C11H11BrN2O. The molecule has 0 spiro atoms. The number of hydrogen-bond donors (Lipinski definition) is 2. The molecule has 2 aromatic rings. The first-order valence-electron chi connectivity index (χ1n) is 4.67. The lowest BCUT2D eigenvalue weighted by molar-refractivity contribution is -0.119. The SMILES string of the molecule is CC(=O)NCc1cc2ccc(Br)cc2[nH]1. The van der Waals surface area contributed by atoms with Gasteiger partial charge in [-0.3, -0.25) is 4.79 Å². The minimum Gasteiger partial charge on any atom is -0.357 e. The van der Waals surface area contributed by atoms with Crippen molar-refractivity contribution in [1.82, 2.24) is 10.3 Å². The van der Waals surface area contributed by atoms with E-state index in [1.807, 2.05) is 24.3 Å². The van der Waals surface area contributed by atoms with E-state index in [1.165, 1.54) is 6.92 Å². The van der Waals surface area contributed by atoms with E-state index in [2.05, 4.69) is 26.2 Å². The number of amides is 1. The van der Waals surface area contributed by atoms with Gasteiger partial charge in [0, 0.05) is 22.6 Å². The quantitative estimate of drug-likeness (QED) is 0.863. The van der Waals surface area contributed by atoms with Gasteiger partial charge < -0.3 is 10.3 Å². The van der Waals surface area contributed by atoms with Gasteiger partial charge in [-0.05, 0) is 23.6 Å². The molecule has 78 valence electrons. The van der Waals surface area contributed by atoms with Gasteiger partial charge in [0.05, 0.1) is 6.54 Å². The van der Waals surface area contributed by atoms with Crippen LogP contribution in [0.4, 0.5) is 0 Å². The highest BCUT2D eigenvalue weighted by molar-refractivity contribution is 9.10. The van der Waals surface area contributed by atoms with E-state index in [-0.39, 0.29) is 5.91 Å². The number of rotatable bonds is 2. The first-order chi connectivity index (χ1) is 7.15. The molecular weight excluding hydrogens is 256 g/mol. The summed E-state index contributed by atoms with van der Waals surface area (Å²) in [6.07, 6.45) is 0. The van der Waals surface area contributed by atoms with Crippen LogP contribution in [-0.2, 0) is 11.3 Å². The fraction of sp³-hybridized carbons (Fsp3) is 0.182. The molecule has 0 unspecified atom stereocenters. The summed E-state index contributed by atoms with van der Waals surface area (Å²) in [4.78, 5) is 14.0. The van der Waals surface area contributed by atoms with Crippen molar-refractivity contribution in [2.75, 3.05) is 0 Å². The maximum atomic E-state index is 10.8. The summed E-state index contributed by atoms with van der Waals surface area (Å²) in [5, 5.41) is 3.91. The summed E-state index contributed by atoms with van der Waals surface area (Å²) in [7, 11) is 0. The van der Waals surface area contributed by atoms with Gasteiger partial charge in [0.15, 0.2) is 0 Å². The minimum absolute atomic E-state index is 0.0187. The lowest BCUT2D eigenvalue weighted by Crippen LogP contribution is -2.18. The smallest absolute Gasteiger partial charge is 0.217 e. The van der Waals surface area contributed by atoms with Crippen LogP contribution in [0.3, 0.4) is 0 Å². The Morgan fingerprint density at radius 3 is 3.00 bits per heavy atom. The summed E-state index contributed by atoms with van der Waals surface area (Å²) >= 11 is 3.41. The number of aromatic amines is 1. The van der Waals surface area contributed by atoms with Gasteiger partial charge in [-0.25, -0.2) is 0 Å². The molecule has 0 radical (unpaired) electrons. The van der Waals surface area contributed by atoms with Crippen LogP contribution in [0.2, 0.25) is 0 Å². The third-order valence-electron chi connectivity index (χ3n) is 2.17. The molecule has 0 atom stereocenters. The van der Waals surface area contributed by atoms with E-state index in [1.54, 1.807) is 0 Å². The van der Waals surface area contributed by atoms with Crippen LogP contribution < -0.4 is 5.32 Å². The van der Waals surface area contributed by atoms with Crippen molar-refractivity contribution in [3.05, 3.63) is 34.4 Å². The second-order valence-electron chi connectivity index (χ2n) is 3.44. The van der Waals surface area contributed by atoms with Gasteiger partial charge in [-0.15, -0.1) is 0 Å². The van der Waals surface area contributed by atoms with E-state index in [9.17, 15) is 4.79 Å². The predicted molar refractivity (Wildman–Crippen MR) is 63.5 cm³/mol. The van der Waals surface area contributed by atoms with E-state index >= 15 is 0 Å². The van der Waals surface area contributed by atoms with Gasteiger partial charge in [0.1, 0.15) is 0 Å². The summed E-state index contributed by atoms with van der Waals surface area (Å²) in [6, 6.07) is 8.09. The normalized spacial score (nSPS) is 10.5. The number of benzene rings is 1. The molecule has 4 heteroatoms. The van der Waals surface area contributed by atoms with Crippen molar-refractivity contribution in [3.8, 4) is 0 Å². The van der Waals surface area contributed by atoms with Crippen LogP contribution in [0.1, 0.15) is 12.6 Å². The second-order valence-corrected chi connectivity index (χ2v) is 4.35. The van der Waals surface area contributed by atoms with Gasteiger partial charge in [0.2, 0.25) is 5.91 Å². The zero-order chi connectivity index (χ0) is 10.8. The van der Waals surface area contributed by atoms with Crippen LogP contribution in [0.15, 0.2) is 28.7 Å². The molecule has 0 fully saturated rings. The van der Waals surface area contributed by atoms with E-state index in [0.717, 1.165) is 21.1 Å². The molecule has 1 heterocycles. The number of carbonyl (C=O) groups excluding carboxylic acids is 1. The Labute approximate surface area is 96.0 Å². The Morgan fingerprint density at radius 2 is 2.27 bits per heavy atom. The molecule has 2 N–H and O–H groups in total. The number of nitrogens with one attached hydrogen (secondary N) is 2. The van der Waals surface area contributed by atoms with Crippen molar-refractivity contribution >= 4 is 32.7 Å². The molecule has 15 heavy (non-hydrogen) atoms. The first-order valence-corrected chi connectivity index (χ1v) is 5.46. The predicted octanol–water partition coefficient (Wildman–Crippen LogP) is 2.57.